The van der Waals surface area contributed by atoms with Crippen LogP contribution in [0.3, 0.4) is 0 Å². The molecular formula is C35H43F2N3O5. The molecule has 3 aliphatic rings. The van der Waals surface area contributed by atoms with E-state index < -0.39 is 41.8 Å². The quantitative estimate of drug-likeness (QED) is 0.294. The van der Waals surface area contributed by atoms with Gasteiger partial charge in [0.15, 0.2) is 0 Å². The lowest BCUT2D eigenvalue weighted by Crippen LogP contribution is -2.60. The van der Waals surface area contributed by atoms with Gasteiger partial charge in [-0.2, -0.15) is 0 Å². The lowest BCUT2D eigenvalue weighted by atomic mass is 9.87. The Morgan fingerprint density at radius 1 is 0.911 bits per heavy atom. The molecule has 0 radical (unpaired) electrons. The number of hydrogen-bond donors (Lipinski definition) is 0. The number of ether oxygens (including phenoxy) is 1. The Hall–Kier alpha value is -3.82. The first-order chi connectivity index (χ1) is 21.6. The summed E-state index contributed by atoms with van der Waals surface area (Å²) in [5, 5.41) is 0. The fraction of sp³-hybridized carbons (Fsp3) is 0.543. The zero-order chi connectivity index (χ0) is 32.2. The van der Waals surface area contributed by atoms with Crippen LogP contribution in [0.25, 0.3) is 0 Å². The number of imide groups is 1. The molecule has 2 aliphatic heterocycles. The van der Waals surface area contributed by atoms with Gasteiger partial charge in [-0.15, -0.1) is 0 Å². The SMILES string of the molecule is CCCN(CCC)C(=O)c1cc(C)cc(C(=O)N2C(=O)O[C@H]([C@H]3CCN3C(=O)CC3CCCC3)[C@@H]2Cc2cc(F)cc(F)c2)c1. The third-order valence-corrected chi connectivity index (χ3v) is 9.28. The fourth-order valence-corrected chi connectivity index (χ4v) is 7.12. The Labute approximate surface area is 263 Å². The molecule has 0 N–H and O–H groups in total. The van der Waals surface area contributed by atoms with Gasteiger partial charge in [-0.25, -0.2) is 18.5 Å². The summed E-state index contributed by atoms with van der Waals surface area (Å²) < 4.78 is 34.3. The molecular weight excluding hydrogens is 580 g/mol. The van der Waals surface area contributed by atoms with Crippen LogP contribution < -0.4 is 0 Å². The van der Waals surface area contributed by atoms with Crippen LogP contribution in [0, 0.1) is 24.5 Å². The average Bonchev–Trinajstić information content (AvgIpc) is 3.58. The third-order valence-electron chi connectivity index (χ3n) is 9.28. The molecule has 4 amide bonds. The Morgan fingerprint density at radius 3 is 2.16 bits per heavy atom. The summed E-state index contributed by atoms with van der Waals surface area (Å²) in [6.07, 6.45) is 5.06. The van der Waals surface area contributed by atoms with Crippen LogP contribution in [0.15, 0.2) is 36.4 Å². The van der Waals surface area contributed by atoms with E-state index >= 15 is 0 Å². The van der Waals surface area contributed by atoms with Gasteiger partial charge in [-0.1, -0.05) is 26.7 Å². The minimum Gasteiger partial charge on any atom is -0.441 e. The van der Waals surface area contributed by atoms with Crippen LogP contribution in [0.2, 0.25) is 0 Å². The Balaban J connectivity index is 1.45. The number of hydrogen-bond acceptors (Lipinski definition) is 5. The summed E-state index contributed by atoms with van der Waals surface area (Å²) in [4.78, 5) is 58.8. The van der Waals surface area contributed by atoms with Crippen molar-refractivity contribution in [2.45, 2.75) is 96.7 Å². The van der Waals surface area contributed by atoms with Crippen molar-refractivity contribution in [1.29, 1.82) is 0 Å². The monoisotopic (exact) mass is 623 g/mol. The van der Waals surface area contributed by atoms with Crippen LogP contribution in [0.1, 0.15) is 97.1 Å². The molecule has 0 unspecified atom stereocenters. The predicted molar refractivity (Wildman–Crippen MR) is 165 cm³/mol. The van der Waals surface area contributed by atoms with Gasteiger partial charge in [0.05, 0.1) is 12.1 Å². The third kappa shape index (κ3) is 7.20. The van der Waals surface area contributed by atoms with E-state index in [2.05, 4.69) is 0 Å². The van der Waals surface area contributed by atoms with Crippen molar-refractivity contribution in [2.24, 2.45) is 5.92 Å². The molecule has 5 rings (SSSR count). The lowest BCUT2D eigenvalue weighted by Gasteiger charge is -2.45. The van der Waals surface area contributed by atoms with Gasteiger partial charge < -0.3 is 14.5 Å². The molecule has 45 heavy (non-hydrogen) atoms. The second-order valence-corrected chi connectivity index (χ2v) is 12.8. The van der Waals surface area contributed by atoms with Gasteiger partial charge >= 0.3 is 6.09 Å². The summed E-state index contributed by atoms with van der Waals surface area (Å²) >= 11 is 0. The van der Waals surface area contributed by atoms with Crippen LogP contribution >= 0.6 is 0 Å². The fourth-order valence-electron chi connectivity index (χ4n) is 7.12. The molecule has 0 aromatic heterocycles. The highest BCUT2D eigenvalue weighted by molar-refractivity contribution is 6.06. The molecule has 242 valence electrons. The molecule has 1 aliphatic carbocycles. The second kappa shape index (κ2) is 14.1. The van der Waals surface area contributed by atoms with Crippen molar-refractivity contribution in [3.63, 3.8) is 0 Å². The molecule has 3 atom stereocenters. The summed E-state index contributed by atoms with van der Waals surface area (Å²) in [6.45, 7) is 7.44. The normalized spacial score (nSPS) is 21.5. The van der Waals surface area contributed by atoms with Gasteiger partial charge in [0.25, 0.3) is 11.8 Å². The molecule has 1 saturated carbocycles. The maximum atomic E-state index is 14.2. The number of amides is 4. The minimum atomic E-state index is -0.922. The molecule has 10 heteroatoms. The van der Waals surface area contributed by atoms with E-state index in [4.69, 9.17) is 4.74 Å². The first-order valence-corrected chi connectivity index (χ1v) is 16.3. The summed E-state index contributed by atoms with van der Waals surface area (Å²) in [7, 11) is 0. The average molecular weight is 624 g/mol. The highest BCUT2D eigenvalue weighted by Crippen LogP contribution is 2.36. The van der Waals surface area contributed by atoms with E-state index in [1.807, 2.05) is 13.8 Å². The molecule has 2 aromatic rings. The van der Waals surface area contributed by atoms with Gasteiger partial charge in [0.1, 0.15) is 17.7 Å². The minimum absolute atomic E-state index is 0.0000709. The second-order valence-electron chi connectivity index (χ2n) is 12.8. The van der Waals surface area contributed by atoms with Gasteiger partial charge in [0.2, 0.25) is 5.91 Å². The number of aryl methyl sites for hydroxylation is 1. The van der Waals surface area contributed by atoms with Crippen molar-refractivity contribution in [2.75, 3.05) is 19.6 Å². The van der Waals surface area contributed by atoms with E-state index in [0.29, 0.717) is 49.5 Å². The number of nitrogens with zero attached hydrogens (tertiary/aromatic N) is 3. The van der Waals surface area contributed by atoms with Crippen molar-refractivity contribution in [3.05, 3.63) is 70.3 Å². The van der Waals surface area contributed by atoms with E-state index in [0.717, 1.165) is 49.5 Å². The zero-order valence-corrected chi connectivity index (χ0v) is 26.4. The number of rotatable bonds is 11. The van der Waals surface area contributed by atoms with Crippen LogP contribution in [-0.4, -0.2) is 76.3 Å². The number of carbonyl (C=O) groups excluding carboxylic acids is 4. The van der Waals surface area contributed by atoms with E-state index in [1.165, 1.54) is 18.2 Å². The van der Waals surface area contributed by atoms with Crippen molar-refractivity contribution in [1.82, 2.24) is 14.7 Å². The first-order valence-electron chi connectivity index (χ1n) is 16.3. The first kappa shape index (κ1) is 32.6. The summed E-state index contributed by atoms with van der Waals surface area (Å²) in [6, 6.07) is 6.58. The molecule has 0 bridgehead atoms. The molecule has 3 fully saturated rings. The molecule has 8 nitrogen and oxygen atoms in total. The van der Waals surface area contributed by atoms with Gasteiger partial charge in [-0.3, -0.25) is 14.4 Å². The standard InChI is InChI=1S/C35H43F2N3O5/c1-4-11-38(12-5-2)33(42)25-14-22(3)15-26(20-25)34(43)40-30(18-24-16-27(36)21-28(37)17-24)32(45-35(40)44)29-10-13-39(29)31(41)19-23-8-6-7-9-23/h14-17,20-21,23,29-30,32H,4-13,18-19H2,1-3H3/t29-,30+,32-/m1/s1. The predicted octanol–water partition coefficient (Wildman–Crippen LogP) is 6.29. The maximum absolute atomic E-state index is 14.2. The van der Waals surface area contributed by atoms with Crippen molar-refractivity contribution < 1.29 is 32.7 Å². The van der Waals surface area contributed by atoms with Crippen LogP contribution in [0.4, 0.5) is 13.6 Å². The Kier molecular flexibility index (Phi) is 10.2. The van der Waals surface area contributed by atoms with E-state index in [9.17, 15) is 28.0 Å². The highest BCUT2D eigenvalue weighted by Gasteiger charge is 2.53. The molecule has 2 heterocycles. The van der Waals surface area contributed by atoms with Gasteiger partial charge in [-0.05, 0) is 92.8 Å². The Bertz CT molecular complexity index is 1420. The van der Waals surface area contributed by atoms with E-state index in [-0.39, 0.29) is 29.4 Å². The molecule has 2 aromatic carbocycles. The number of carbonyl (C=O) groups is 4. The van der Waals surface area contributed by atoms with Crippen LogP contribution in [0.5, 0.6) is 0 Å². The van der Waals surface area contributed by atoms with Crippen LogP contribution in [-0.2, 0) is 16.0 Å². The number of halogens is 2. The zero-order valence-electron chi connectivity index (χ0n) is 26.4. The highest BCUT2D eigenvalue weighted by atomic mass is 19.1. The lowest BCUT2D eigenvalue weighted by molar-refractivity contribution is -0.144. The van der Waals surface area contributed by atoms with Crippen molar-refractivity contribution in [3.8, 4) is 0 Å². The molecule has 2 saturated heterocycles. The summed E-state index contributed by atoms with van der Waals surface area (Å²) in [5.41, 5.74) is 1.42. The maximum Gasteiger partial charge on any atom is 0.417 e. The largest absolute Gasteiger partial charge is 0.441 e. The van der Waals surface area contributed by atoms with Crippen molar-refractivity contribution >= 4 is 23.8 Å². The smallest absolute Gasteiger partial charge is 0.417 e. The van der Waals surface area contributed by atoms with Gasteiger partial charge in [0, 0.05) is 43.2 Å². The molecule has 0 spiro atoms. The number of likely N-dealkylation sites (tertiary alicyclic amines) is 1. The summed E-state index contributed by atoms with van der Waals surface area (Å²) in [5.74, 6) is -2.06. The topological polar surface area (TPSA) is 87.2 Å². The number of cyclic esters (lactones) is 1. The number of benzene rings is 2. The Morgan fingerprint density at radius 2 is 1.56 bits per heavy atom. The van der Waals surface area contributed by atoms with E-state index in [1.54, 1.807) is 28.9 Å².